The Balaban J connectivity index is 1.37. The SMILES string of the molecule is COc1ccc(-c2nc3c([nH]2)CN(C(=O)CCN2CCCCC2)CC3)cc1. The second-order valence-electron chi connectivity index (χ2n) is 7.46. The lowest BCUT2D eigenvalue weighted by Gasteiger charge is -2.29. The van der Waals surface area contributed by atoms with E-state index >= 15 is 0 Å². The van der Waals surface area contributed by atoms with Crippen molar-refractivity contribution >= 4 is 5.91 Å². The molecule has 1 aromatic heterocycles. The van der Waals surface area contributed by atoms with Crippen LogP contribution in [0.1, 0.15) is 37.1 Å². The minimum Gasteiger partial charge on any atom is -0.497 e. The number of piperidine rings is 1. The molecule has 27 heavy (non-hydrogen) atoms. The van der Waals surface area contributed by atoms with Crippen molar-refractivity contribution in [2.24, 2.45) is 0 Å². The van der Waals surface area contributed by atoms with Gasteiger partial charge in [-0.25, -0.2) is 4.98 Å². The lowest BCUT2D eigenvalue weighted by atomic mass is 10.1. The Morgan fingerprint density at radius 2 is 1.93 bits per heavy atom. The fraction of sp³-hybridized carbons (Fsp3) is 0.524. The maximum absolute atomic E-state index is 12.6. The highest BCUT2D eigenvalue weighted by Crippen LogP contribution is 2.24. The minimum atomic E-state index is 0.256. The number of hydrogen-bond acceptors (Lipinski definition) is 4. The fourth-order valence-electron chi connectivity index (χ4n) is 3.99. The number of H-pyrrole nitrogens is 1. The number of hydrogen-bond donors (Lipinski definition) is 1. The topological polar surface area (TPSA) is 61.5 Å². The summed E-state index contributed by atoms with van der Waals surface area (Å²) in [4.78, 5) is 25.2. The van der Waals surface area contributed by atoms with Gasteiger partial charge >= 0.3 is 0 Å². The second-order valence-corrected chi connectivity index (χ2v) is 7.46. The second kappa shape index (κ2) is 8.13. The molecule has 2 aliphatic rings. The molecule has 144 valence electrons. The number of fused-ring (bicyclic) bond motifs is 1. The number of ether oxygens (including phenoxy) is 1. The predicted octanol–water partition coefficient (Wildman–Crippen LogP) is 2.85. The Kier molecular flexibility index (Phi) is 5.43. The number of carbonyl (C=O) groups is 1. The van der Waals surface area contributed by atoms with Crippen molar-refractivity contribution in [1.29, 1.82) is 0 Å². The molecule has 1 saturated heterocycles. The van der Waals surface area contributed by atoms with E-state index in [1.165, 1.54) is 19.3 Å². The molecule has 1 N–H and O–H groups in total. The Morgan fingerprint density at radius 3 is 2.67 bits per heavy atom. The normalized spacial score (nSPS) is 17.6. The van der Waals surface area contributed by atoms with E-state index in [4.69, 9.17) is 9.72 Å². The molecule has 2 aliphatic heterocycles. The number of benzene rings is 1. The first-order valence-electron chi connectivity index (χ1n) is 9.95. The van der Waals surface area contributed by atoms with Gasteiger partial charge in [-0.05, 0) is 50.2 Å². The van der Waals surface area contributed by atoms with E-state index in [2.05, 4.69) is 9.88 Å². The first-order chi connectivity index (χ1) is 13.2. The van der Waals surface area contributed by atoms with E-state index in [1.807, 2.05) is 29.2 Å². The van der Waals surface area contributed by atoms with Gasteiger partial charge in [-0.15, -0.1) is 0 Å². The smallest absolute Gasteiger partial charge is 0.224 e. The monoisotopic (exact) mass is 368 g/mol. The van der Waals surface area contributed by atoms with Crippen molar-refractivity contribution in [2.45, 2.75) is 38.6 Å². The van der Waals surface area contributed by atoms with Crippen molar-refractivity contribution in [3.63, 3.8) is 0 Å². The molecule has 3 heterocycles. The van der Waals surface area contributed by atoms with Crippen LogP contribution in [-0.4, -0.2) is 59.0 Å². The van der Waals surface area contributed by atoms with Crippen LogP contribution in [0.5, 0.6) is 5.75 Å². The average molecular weight is 368 g/mol. The van der Waals surface area contributed by atoms with Gasteiger partial charge in [0.2, 0.25) is 5.91 Å². The number of amides is 1. The summed E-state index contributed by atoms with van der Waals surface area (Å²) in [7, 11) is 1.66. The van der Waals surface area contributed by atoms with Crippen LogP contribution in [0.3, 0.4) is 0 Å². The molecular formula is C21H28N4O2. The molecule has 2 aromatic rings. The van der Waals surface area contributed by atoms with Crippen LogP contribution in [0.15, 0.2) is 24.3 Å². The van der Waals surface area contributed by atoms with E-state index in [-0.39, 0.29) is 5.91 Å². The van der Waals surface area contributed by atoms with Gasteiger partial charge < -0.3 is 19.5 Å². The number of imidazole rings is 1. The third-order valence-electron chi connectivity index (χ3n) is 5.64. The molecule has 6 nitrogen and oxygen atoms in total. The fourth-order valence-corrected chi connectivity index (χ4v) is 3.99. The third kappa shape index (κ3) is 4.16. The molecule has 0 unspecified atom stereocenters. The van der Waals surface area contributed by atoms with Crippen LogP contribution >= 0.6 is 0 Å². The predicted molar refractivity (Wildman–Crippen MR) is 105 cm³/mol. The number of aromatic amines is 1. The molecule has 6 heteroatoms. The largest absolute Gasteiger partial charge is 0.497 e. The molecule has 1 fully saturated rings. The number of carbonyl (C=O) groups excluding carboxylic acids is 1. The van der Waals surface area contributed by atoms with Gasteiger partial charge in [0.1, 0.15) is 11.6 Å². The van der Waals surface area contributed by atoms with E-state index < -0.39 is 0 Å². The average Bonchev–Trinajstić information content (AvgIpc) is 3.16. The van der Waals surface area contributed by atoms with E-state index in [9.17, 15) is 4.79 Å². The first-order valence-corrected chi connectivity index (χ1v) is 9.95. The standard InChI is InChI=1S/C21H28N4O2/c1-27-17-7-5-16(6-8-17)21-22-18-9-14-25(15-19(18)23-21)20(26)10-13-24-11-3-2-4-12-24/h5-8H,2-4,9-15H2,1H3,(H,22,23). The number of nitrogens with one attached hydrogen (secondary N) is 1. The van der Waals surface area contributed by atoms with Crippen LogP contribution in [-0.2, 0) is 17.8 Å². The molecular weight excluding hydrogens is 340 g/mol. The van der Waals surface area contributed by atoms with E-state index in [0.717, 1.165) is 61.1 Å². The summed E-state index contributed by atoms with van der Waals surface area (Å²) >= 11 is 0. The number of nitrogens with zero attached hydrogens (tertiary/aromatic N) is 3. The van der Waals surface area contributed by atoms with Gasteiger partial charge in [-0.3, -0.25) is 4.79 Å². The molecule has 0 aliphatic carbocycles. The summed E-state index contributed by atoms with van der Waals surface area (Å²) in [5, 5.41) is 0. The Bertz CT molecular complexity index is 778. The zero-order valence-corrected chi connectivity index (χ0v) is 16.0. The van der Waals surface area contributed by atoms with E-state index in [1.54, 1.807) is 7.11 Å². The van der Waals surface area contributed by atoms with Gasteiger partial charge in [-0.2, -0.15) is 0 Å². The summed E-state index contributed by atoms with van der Waals surface area (Å²) in [6.45, 7) is 4.57. The molecule has 1 aromatic carbocycles. The highest BCUT2D eigenvalue weighted by Gasteiger charge is 2.24. The summed E-state index contributed by atoms with van der Waals surface area (Å²) in [5.41, 5.74) is 3.19. The summed E-state index contributed by atoms with van der Waals surface area (Å²) in [6.07, 6.45) is 5.30. The number of aromatic nitrogens is 2. The van der Waals surface area contributed by atoms with Crippen molar-refractivity contribution in [3.8, 4) is 17.1 Å². The maximum Gasteiger partial charge on any atom is 0.224 e. The zero-order chi connectivity index (χ0) is 18.6. The number of methoxy groups -OCH3 is 1. The molecule has 0 spiro atoms. The Morgan fingerprint density at radius 1 is 1.15 bits per heavy atom. The molecule has 1 amide bonds. The third-order valence-corrected chi connectivity index (χ3v) is 5.64. The molecule has 0 bridgehead atoms. The first kappa shape index (κ1) is 18.0. The molecule has 0 radical (unpaired) electrons. The lowest BCUT2D eigenvalue weighted by molar-refractivity contribution is -0.132. The zero-order valence-electron chi connectivity index (χ0n) is 16.0. The van der Waals surface area contributed by atoms with E-state index in [0.29, 0.717) is 13.0 Å². The van der Waals surface area contributed by atoms with Crippen LogP contribution in [0.4, 0.5) is 0 Å². The highest BCUT2D eigenvalue weighted by atomic mass is 16.5. The molecule has 0 saturated carbocycles. The maximum atomic E-state index is 12.6. The summed E-state index contributed by atoms with van der Waals surface area (Å²) < 4.78 is 5.22. The molecule has 0 atom stereocenters. The summed E-state index contributed by atoms with van der Waals surface area (Å²) in [5.74, 6) is 1.96. The lowest BCUT2D eigenvalue weighted by Crippen LogP contribution is -2.39. The van der Waals surface area contributed by atoms with Crippen LogP contribution in [0.2, 0.25) is 0 Å². The van der Waals surface area contributed by atoms with Crippen molar-refractivity contribution in [3.05, 3.63) is 35.7 Å². The van der Waals surface area contributed by atoms with Gasteiger partial charge in [0.25, 0.3) is 0 Å². The van der Waals surface area contributed by atoms with Crippen molar-refractivity contribution in [1.82, 2.24) is 19.8 Å². The quantitative estimate of drug-likeness (QED) is 0.882. The van der Waals surface area contributed by atoms with Gasteiger partial charge in [0.05, 0.1) is 25.0 Å². The van der Waals surface area contributed by atoms with Gasteiger partial charge in [0.15, 0.2) is 0 Å². The van der Waals surface area contributed by atoms with Gasteiger partial charge in [0, 0.05) is 31.5 Å². The minimum absolute atomic E-state index is 0.256. The van der Waals surface area contributed by atoms with Crippen LogP contribution in [0.25, 0.3) is 11.4 Å². The van der Waals surface area contributed by atoms with Gasteiger partial charge in [-0.1, -0.05) is 6.42 Å². The Labute approximate surface area is 160 Å². The number of rotatable bonds is 5. The van der Waals surface area contributed by atoms with Crippen molar-refractivity contribution in [2.75, 3.05) is 33.3 Å². The van der Waals surface area contributed by atoms with Crippen molar-refractivity contribution < 1.29 is 9.53 Å². The highest BCUT2D eigenvalue weighted by molar-refractivity contribution is 5.76. The Hall–Kier alpha value is -2.34. The molecule has 4 rings (SSSR count). The summed E-state index contributed by atoms with van der Waals surface area (Å²) in [6, 6.07) is 7.88. The van der Waals surface area contributed by atoms with Crippen LogP contribution < -0.4 is 4.74 Å². The van der Waals surface area contributed by atoms with Crippen LogP contribution in [0, 0.1) is 0 Å². The number of likely N-dealkylation sites (tertiary alicyclic amines) is 1.